The van der Waals surface area contributed by atoms with E-state index in [2.05, 4.69) is 12.6 Å². The van der Waals surface area contributed by atoms with E-state index < -0.39 is 0 Å². The maximum Gasteiger partial charge on any atom is 0.0314 e. The fourth-order valence-corrected chi connectivity index (χ4v) is 1.19. The van der Waals surface area contributed by atoms with Gasteiger partial charge in [0.15, 0.2) is 0 Å². The highest BCUT2D eigenvalue weighted by molar-refractivity contribution is 7.80. The van der Waals surface area contributed by atoms with Crippen molar-refractivity contribution in [1.82, 2.24) is 0 Å². The Morgan fingerprint density at radius 1 is 0.750 bits per heavy atom. The summed E-state index contributed by atoms with van der Waals surface area (Å²) in [6.07, 6.45) is 0. The average Bonchev–Trinajstić information content (AvgIpc) is 2.28. The molecule has 0 saturated carbocycles. The fourth-order valence-electron chi connectivity index (χ4n) is 1.04. The summed E-state index contributed by atoms with van der Waals surface area (Å²) < 4.78 is 0. The van der Waals surface area contributed by atoms with Gasteiger partial charge in [-0.15, -0.1) is 12.6 Å². The summed E-state index contributed by atoms with van der Waals surface area (Å²) in [5.41, 5.74) is 13.7. The maximum absolute atomic E-state index is 5.43. The van der Waals surface area contributed by atoms with Crippen molar-refractivity contribution < 1.29 is 0 Å². The van der Waals surface area contributed by atoms with E-state index in [4.69, 9.17) is 11.5 Å². The largest absolute Gasteiger partial charge is 0.399 e. The molecule has 16 heavy (non-hydrogen) atoms. The molecule has 0 aromatic heterocycles. The molecule has 0 aliphatic carbocycles. The van der Waals surface area contributed by atoms with E-state index in [0.29, 0.717) is 0 Å². The topological polar surface area (TPSA) is 52.0 Å². The Morgan fingerprint density at radius 2 is 1.12 bits per heavy atom. The smallest absolute Gasteiger partial charge is 0.0314 e. The Balaban J connectivity index is 0.000000160. The van der Waals surface area contributed by atoms with E-state index in [1.54, 1.807) is 0 Å². The highest BCUT2D eigenvalue weighted by atomic mass is 32.1. The quantitative estimate of drug-likeness (QED) is 0.483. The normalized spacial score (nSPS) is 9.12. The van der Waals surface area contributed by atoms with Crippen LogP contribution in [0.15, 0.2) is 53.4 Å². The number of hydrogen-bond donors (Lipinski definition) is 3. The van der Waals surface area contributed by atoms with Crippen molar-refractivity contribution in [1.29, 1.82) is 0 Å². The van der Waals surface area contributed by atoms with Crippen molar-refractivity contribution in [3.63, 3.8) is 0 Å². The van der Waals surface area contributed by atoms with Gasteiger partial charge < -0.3 is 11.5 Å². The van der Waals surface area contributed by atoms with Gasteiger partial charge in [0.1, 0.15) is 0 Å². The number of thiol groups is 1. The Labute approximate surface area is 102 Å². The van der Waals surface area contributed by atoms with Crippen molar-refractivity contribution in [3.05, 3.63) is 54.1 Å². The number of nitrogens with two attached hydrogens (primary N) is 2. The Bertz CT molecular complexity index is 335. The molecule has 0 bridgehead atoms. The van der Waals surface area contributed by atoms with E-state index in [0.717, 1.165) is 16.3 Å². The monoisotopic (exact) mass is 232 g/mol. The number of benzene rings is 2. The summed E-state index contributed by atoms with van der Waals surface area (Å²) in [7, 11) is 0. The molecule has 0 radical (unpaired) electrons. The molecular weight excluding hydrogens is 216 g/mol. The molecule has 0 fully saturated rings. The van der Waals surface area contributed by atoms with Crippen LogP contribution in [0.1, 0.15) is 5.56 Å². The standard InChI is InChI=1S/C7H9N.C6H7NS/c1-6-2-4-7(8)5-3-6;7-5-1-3-6(8)4-2-5/h2-5H,8H2,1H3;1-4,8H,7H2. The minimum atomic E-state index is 0.780. The lowest BCUT2D eigenvalue weighted by Crippen LogP contribution is -1.81. The summed E-state index contributed by atoms with van der Waals surface area (Å²) in [6, 6.07) is 15.1. The maximum atomic E-state index is 5.43. The second kappa shape index (κ2) is 6.08. The van der Waals surface area contributed by atoms with Crippen molar-refractivity contribution in [2.75, 3.05) is 11.5 Å². The van der Waals surface area contributed by atoms with Gasteiger partial charge in [0.2, 0.25) is 0 Å². The SMILES string of the molecule is Cc1ccc(N)cc1.Nc1ccc(S)cc1. The van der Waals surface area contributed by atoms with Crippen LogP contribution >= 0.6 is 12.6 Å². The van der Waals surface area contributed by atoms with E-state index in [1.807, 2.05) is 55.5 Å². The zero-order chi connectivity index (χ0) is 12.0. The first kappa shape index (κ1) is 12.5. The molecule has 2 rings (SSSR count). The van der Waals surface area contributed by atoms with Crippen molar-refractivity contribution >= 4 is 24.0 Å². The van der Waals surface area contributed by atoms with Gasteiger partial charge in [-0.25, -0.2) is 0 Å². The van der Waals surface area contributed by atoms with Crippen molar-refractivity contribution in [2.45, 2.75) is 11.8 Å². The zero-order valence-corrected chi connectivity index (χ0v) is 10.1. The van der Waals surface area contributed by atoms with Gasteiger partial charge in [-0.1, -0.05) is 17.7 Å². The zero-order valence-electron chi connectivity index (χ0n) is 9.22. The van der Waals surface area contributed by atoms with Gasteiger partial charge in [0.25, 0.3) is 0 Å². The van der Waals surface area contributed by atoms with Crippen molar-refractivity contribution in [2.24, 2.45) is 0 Å². The molecule has 0 aliphatic heterocycles. The van der Waals surface area contributed by atoms with Gasteiger partial charge in [-0.3, -0.25) is 0 Å². The molecule has 0 unspecified atom stereocenters. The first-order chi connectivity index (χ1) is 7.58. The third-order valence-corrected chi connectivity index (χ3v) is 2.27. The third-order valence-electron chi connectivity index (χ3n) is 1.97. The number of rotatable bonds is 0. The molecule has 84 valence electrons. The Morgan fingerprint density at radius 3 is 1.44 bits per heavy atom. The average molecular weight is 232 g/mol. The van der Waals surface area contributed by atoms with Crippen LogP contribution in [0.3, 0.4) is 0 Å². The molecule has 4 N–H and O–H groups in total. The van der Waals surface area contributed by atoms with Crippen LogP contribution in [-0.4, -0.2) is 0 Å². The van der Waals surface area contributed by atoms with Crippen LogP contribution in [0.4, 0.5) is 11.4 Å². The molecule has 2 aromatic carbocycles. The summed E-state index contributed by atoms with van der Waals surface area (Å²) in [5.74, 6) is 0. The molecule has 0 spiro atoms. The van der Waals surface area contributed by atoms with Crippen LogP contribution in [0.25, 0.3) is 0 Å². The summed E-state index contributed by atoms with van der Waals surface area (Å²) >= 11 is 4.08. The number of hydrogen-bond acceptors (Lipinski definition) is 3. The molecule has 0 aliphatic rings. The second-order valence-corrected chi connectivity index (χ2v) is 4.02. The molecule has 0 atom stereocenters. The van der Waals surface area contributed by atoms with Crippen LogP contribution in [-0.2, 0) is 0 Å². The number of nitrogen functional groups attached to an aromatic ring is 2. The summed E-state index contributed by atoms with van der Waals surface area (Å²) in [5, 5.41) is 0. The summed E-state index contributed by atoms with van der Waals surface area (Å²) in [4.78, 5) is 0.944. The highest BCUT2D eigenvalue weighted by Crippen LogP contribution is 2.07. The van der Waals surface area contributed by atoms with E-state index in [9.17, 15) is 0 Å². The highest BCUT2D eigenvalue weighted by Gasteiger charge is 1.81. The molecule has 0 saturated heterocycles. The van der Waals surface area contributed by atoms with Crippen LogP contribution in [0.5, 0.6) is 0 Å². The molecular formula is C13H16N2S. The first-order valence-electron chi connectivity index (χ1n) is 4.94. The van der Waals surface area contributed by atoms with Crippen LogP contribution in [0.2, 0.25) is 0 Å². The van der Waals surface area contributed by atoms with Gasteiger partial charge in [-0.05, 0) is 43.3 Å². The first-order valence-corrected chi connectivity index (χ1v) is 5.39. The lowest BCUT2D eigenvalue weighted by molar-refractivity contribution is 1.47. The van der Waals surface area contributed by atoms with Gasteiger partial charge >= 0.3 is 0 Å². The molecule has 0 heterocycles. The predicted octanol–water partition coefficient (Wildman–Crippen LogP) is 3.13. The Hall–Kier alpha value is -1.61. The molecule has 2 aromatic rings. The lowest BCUT2D eigenvalue weighted by Gasteiger charge is -1.90. The van der Waals surface area contributed by atoms with Gasteiger partial charge in [0, 0.05) is 16.3 Å². The summed E-state index contributed by atoms with van der Waals surface area (Å²) in [6.45, 7) is 2.04. The second-order valence-electron chi connectivity index (χ2n) is 3.50. The minimum Gasteiger partial charge on any atom is -0.399 e. The minimum absolute atomic E-state index is 0.780. The number of anilines is 2. The van der Waals surface area contributed by atoms with E-state index in [-0.39, 0.29) is 0 Å². The number of aryl methyl sites for hydroxylation is 1. The molecule has 3 heteroatoms. The third kappa shape index (κ3) is 4.75. The van der Waals surface area contributed by atoms with Gasteiger partial charge in [0.05, 0.1) is 0 Å². The van der Waals surface area contributed by atoms with Crippen LogP contribution in [0, 0.1) is 6.92 Å². The Kier molecular flexibility index (Phi) is 4.73. The van der Waals surface area contributed by atoms with Crippen LogP contribution < -0.4 is 11.5 Å². The fraction of sp³-hybridized carbons (Fsp3) is 0.0769. The lowest BCUT2D eigenvalue weighted by atomic mass is 10.2. The van der Waals surface area contributed by atoms with E-state index >= 15 is 0 Å². The van der Waals surface area contributed by atoms with Crippen molar-refractivity contribution in [3.8, 4) is 0 Å². The predicted molar refractivity (Wildman–Crippen MR) is 73.7 cm³/mol. The van der Waals surface area contributed by atoms with E-state index in [1.165, 1.54) is 5.56 Å². The molecule has 0 amide bonds. The molecule has 2 nitrogen and oxygen atoms in total. The van der Waals surface area contributed by atoms with Gasteiger partial charge in [-0.2, -0.15) is 0 Å².